The van der Waals surface area contributed by atoms with Crippen molar-refractivity contribution in [2.45, 2.75) is 45.0 Å². The van der Waals surface area contributed by atoms with Crippen LogP contribution in [0.1, 0.15) is 33.3 Å². The molecule has 3 rings (SSSR count). The van der Waals surface area contributed by atoms with Gasteiger partial charge in [0.25, 0.3) is 0 Å². The highest BCUT2D eigenvalue weighted by Gasteiger charge is 2.51. The van der Waals surface area contributed by atoms with E-state index in [0.717, 1.165) is 0 Å². The molecule has 3 unspecified atom stereocenters. The molecule has 0 radical (unpaired) electrons. The van der Waals surface area contributed by atoms with Crippen molar-refractivity contribution in [3.63, 3.8) is 0 Å². The number of amides is 1. The molecule has 1 aromatic rings. The maximum Gasteiger partial charge on any atom is 0.410 e. The third-order valence-electron chi connectivity index (χ3n) is 6.04. The van der Waals surface area contributed by atoms with E-state index in [1.54, 1.807) is 29.2 Å². The fraction of sp³-hybridized carbons (Fsp3) is 0.652. The van der Waals surface area contributed by atoms with Crippen LogP contribution in [0.3, 0.4) is 0 Å². The van der Waals surface area contributed by atoms with Crippen LogP contribution in [0.5, 0.6) is 5.75 Å². The zero-order valence-electron chi connectivity index (χ0n) is 18.7. The molecule has 0 aromatic heterocycles. The number of likely N-dealkylation sites (tertiary alicyclic amines) is 2. The lowest BCUT2D eigenvalue weighted by Gasteiger charge is -2.54. The van der Waals surface area contributed by atoms with Gasteiger partial charge >= 0.3 is 6.09 Å². The second-order valence-electron chi connectivity index (χ2n) is 9.82. The Morgan fingerprint density at radius 2 is 1.81 bits per heavy atom. The molecule has 1 aromatic carbocycles. The monoisotopic (exact) mass is 431 g/mol. The quantitative estimate of drug-likeness (QED) is 0.733. The predicted molar refractivity (Wildman–Crippen MR) is 115 cm³/mol. The van der Waals surface area contributed by atoms with Gasteiger partial charge in [0, 0.05) is 44.6 Å². The fourth-order valence-corrected chi connectivity index (χ4v) is 4.29. The van der Waals surface area contributed by atoms with Gasteiger partial charge in [0.05, 0.1) is 17.2 Å². The number of hydrogen-bond donors (Lipinski definition) is 2. The first-order valence-corrected chi connectivity index (χ1v) is 10.7. The topological polar surface area (TPSA) is 106 Å². The third-order valence-corrected chi connectivity index (χ3v) is 6.04. The van der Waals surface area contributed by atoms with Crippen LogP contribution >= 0.6 is 0 Å². The van der Waals surface area contributed by atoms with Crippen LogP contribution in [0.4, 0.5) is 4.79 Å². The highest BCUT2D eigenvalue weighted by atomic mass is 16.6. The van der Waals surface area contributed by atoms with E-state index in [4.69, 9.17) is 14.7 Å². The van der Waals surface area contributed by atoms with Crippen LogP contribution in [-0.4, -0.2) is 82.7 Å². The Balaban J connectivity index is 1.53. The maximum atomic E-state index is 12.5. The van der Waals surface area contributed by atoms with Crippen molar-refractivity contribution in [1.29, 1.82) is 5.26 Å². The molecule has 2 fully saturated rings. The summed E-state index contributed by atoms with van der Waals surface area (Å²) in [5.74, 6) is 0.350. The zero-order valence-corrected chi connectivity index (χ0v) is 18.7. The lowest BCUT2D eigenvalue weighted by atomic mass is 9.71. The number of β-amino-alcohol motifs (C(OH)–C–C–N with tert-alkyl or cyclic N) is 1. The largest absolute Gasteiger partial charge is 0.491 e. The first-order valence-electron chi connectivity index (χ1n) is 10.7. The molecule has 2 bridgehead atoms. The van der Waals surface area contributed by atoms with Crippen molar-refractivity contribution in [2.75, 3.05) is 39.3 Å². The SMILES string of the molecule is CC(C)(C)OC(=O)N1CC2CN(CC(O)COc3ccc(C#N)cc3)CC(C1)C2(C)O. The second-order valence-corrected chi connectivity index (χ2v) is 9.82. The summed E-state index contributed by atoms with van der Waals surface area (Å²) in [5.41, 5.74) is -0.865. The van der Waals surface area contributed by atoms with E-state index in [9.17, 15) is 15.0 Å². The first kappa shape index (κ1) is 23.3. The van der Waals surface area contributed by atoms with Crippen LogP contribution < -0.4 is 4.74 Å². The number of nitrogens with zero attached hydrogens (tertiary/aromatic N) is 3. The van der Waals surface area contributed by atoms with Crippen molar-refractivity contribution >= 4 is 6.09 Å². The minimum Gasteiger partial charge on any atom is -0.491 e. The van der Waals surface area contributed by atoms with Crippen LogP contribution in [0.2, 0.25) is 0 Å². The number of ether oxygens (including phenoxy) is 2. The number of aliphatic hydroxyl groups excluding tert-OH is 1. The van der Waals surface area contributed by atoms with E-state index in [2.05, 4.69) is 11.0 Å². The van der Waals surface area contributed by atoms with Crippen molar-refractivity contribution < 1.29 is 24.5 Å². The number of nitriles is 1. The van der Waals surface area contributed by atoms with Gasteiger partial charge in [-0.3, -0.25) is 4.90 Å². The number of benzene rings is 1. The van der Waals surface area contributed by atoms with Crippen LogP contribution in [0.25, 0.3) is 0 Å². The minimum absolute atomic E-state index is 0.126. The Labute approximate surface area is 184 Å². The highest BCUT2D eigenvalue weighted by molar-refractivity contribution is 5.68. The molecular weight excluding hydrogens is 398 g/mol. The Morgan fingerprint density at radius 1 is 1.23 bits per heavy atom. The molecule has 8 heteroatoms. The van der Waals surface area contributed by atoms with Gasteiger partial charge < -0.3 is 24.6 Å². The van der Waals surface area contributed by atoms with Crippen LogP contribution in [-0.2, 0) is 4.74 Å². The minimum atomic E-state index is -0.862. The van der Waals surface area contributed by atoms with E-state index >= 15 is 0 Å². The molecule has 1 amide bonds. The summed E-state index contributed by atoms with van der Waals surface area (Å²) < 4.78 is 11.1. The number of piperidine rings is 2. The van der Waals surface area contributed by atoms with E-state index in [1.807, 2.05) is 27.7 Å². The fourth-order valence-electron chi connectivity index (χ4n) is 4.29. The van der Waals surface area contributed by atoms with Crippen LogP contribution in [0, 0.1) is 23.2 Å². The molecule has 0 spiro atoms. The highest BCUT2D eigenvalue weighted by Crippen LogP contribution is 2.38. The molecule has 8 nitrogen and oxygen atoms in total. The number of carbonyl (C=O) groups is 1. The molecule has 2 heterocycles. The average Bonchev–Trinajstić information content (AvgIpc) is 2.66. The Bertz CT molecular complexity index is 794. The Morgan fingerprint density at radius 3 is 2.32 bits per heavy atom. The smallest absolute Gasteiger partial charge is 0.410 e. The number of rotatable bonds is 5. The van der Waals surface area contributed by atoms with E-state index in [1.165, 1.54) is 0 Å². The summed E-state index contributed by atoms with van der Waals surface area (Å²) >= 11 is 0. The summed E-state index contributed by atoms with van der Waals surface area (Å²) in [7, 11) is 0. The zero-order chi connectivity index (χ0) is 22.8. The van der Waals surface area contributed by atoms with Gasteiger partial charge in [-0.2, -0.15) is 5.26 Å². The van der Waals surface area contributed by atoms with E-state index in [-0.39, 0.29) is 24.5 Å². The standard InChI is InChI=1S/C23H33N3O5/c1-22(2,3)31-21(28)26-12-17-10-25(11-18(13-26)23(17,4)29)14-19(27)15-30-20-7-5-16(9-24)6-8-20/h5-8,17-19,27,29H,10-15H2,1-4H3. The van der Waals surface area contributed by atoms with Crippen molar-refractivity contribution in [3.05, 3.63) is 29.8 Å². The van der Waals surface area contributed by atoms with Gasteiger partial charge in [0.2, 0.25) is 0 Å². The molecule has 2 N–H and O–H groups in total. The Kier molecular flexibility index (Phi) is 6.79. The van der Waals surface area contributed by atoms with E-state index in [0.29, 0.717) is 44.0 Å². The molecule has 0 aliphatic carbocycles. The maximum absolute atomic E-state index is 12.5. The van der Waals surface area contributed by atoms with Gasteiger partial charge in [0.1, 0.15) is 24.1 Å². The lowest BCUT2D eigenvalue weighted by Crippen LogP contribution is -2.67. The molecule has 3 atom stereocenters. The third kappa shape index (κ3) is 5.88. The van der Waals surface area contributed by atoms with Crippen molar-refractivity contribution in [2.24, 2.45) is 11.8 Å². The second kappa shape index (κ2) is 9.03. The summed E-state index contributed by atoms with van der Waals surface area (Å²) in [6, 6.07) is 8.82. The normalized spacial score (nSPS) is 27.3. The first-order chi connectivity index (χ1) is 14.5. The predicted octanol–water partition coefficient (Wildman–Crippen LogP) is 1.85. The van der Waals surface area contributed by atoms with Gasteiger partial charge in [-0.15, -0.1) is 0 Å². The number of fused-ring (bicyclic) bond motifs is 2. The lowest BCUT2D eigenvalue weighted by molar-refractivity contribution is -0.148. The number of hydrogen-bond acceptors (Lipinski definition) is 7. The van der Waals surface area contributed by atoms with Crippen molar-refractivity contribution in [1.82, 2.24) is 9.80 Å². The molecule has 2 saturated heterocycles. The molecule has 2 aliphatic rings. The molecular formula is C23H33N3O5. The van der Waals surface area contributed by atoms with Gasteiger partial charge in [-0.25, -0.2) is 4.79 Å². The van der Waals surface area contributed by atoms with Crippen LogP contribution in [0.15, 0.2) is 24.3 Å². The Hall–Kier alpha value is -2.34. The van der Waals surface area contributed by atoms with Gasteiger partial charge in [-0.05, 0) is 52.0 Å². The molecule has 170 valence electrons. The molecule has 0 saturated carbocycles. The average molecular weight is 432 g/mol. The van der Waals surface area contributed by atoms with Gasteiger partial charge in [-0.1, -0.05) is 0 Å². The summed E-state index contributed by atoms with van der Waals surface area (Å²) in [5, 5.41) is 30.3. The summed E-state index contributed by atoms with van der Waals surface area (Å²) in [6.07, 6.45) is -1.04. The van der Waals surface area contributed by atoms with Gasteiger partial charge in [0.15, 0.2) is 0 Å². The number of carbonyl (C=O) groups excluding carboxylic acids is 1. The van der Waals surface area contributed by atoms with Crippen molar-refractivity contribution in [3.8, 4) is 11.8 Å². The summed E-state index contributed by atoms with van der Waals surface area (Å²) in [6.45, 7) is 9.94. The summed E-state index contributed by atoms with van der Waals surface area (Å²) in [4.78, 5) is 16.3. The molecule has 31 heavy (non-hydrogen) atoms. The van der Waals surface area contributed by atoms with E-state index < -0.39 is 17.3 Å². The molecule has 2 aliphatic heterocycles. The number of aliphatic hydroxyl groups is 2.